The molecule has 0 radical (unpaired) electrons. The Labute approximate surface area is 493 Å². The van der Waals surface area contributed by atoms with Gasteiger partial charge in [-0.25, -0.2) is 9.97 Å². The van der Waals surface area contributed by atoms with Gasteiger partial charge in [0.1, 0.15) is 0 Å². The Morgan fingerprint density at radius 1 is 0.221 bits per heavy atom. The summed E-state index contributed by atoms with van der Waals surface area (Å²) in [5.41, 5.74) is 23.4. The van der Waals surface area contributed by atoms with Gasteiger partial charge in [-0.3, -0.25) is 4.57 Å². The Kier molecular flexibility index (Phi) is 9.80. The van der Waals surface area contributed by atoms with Crippen LogP contribution in [0.4, 0.5) is 0 Å². The maximum Gasteiger partial charge on any atom is 0.235 e. The summed E-state index contributed by atoms with van der Waals surface area (Å²) in [6.45, 7) is 0. The third-order valence-corrected chi connectivity index (χ3v) is 18.3. The Morgan fingerprint density at radius 3 is 1.06 bits per heavy atom. The molecule has 5 aromatic heterocycles. The topological polar surface area (TPSA) is 45.5 Å². The highest BCUT2D eigenvalue weighted by molar-refractivity contribution is 6.18. The zero-order valence-corrected chi connectivity index (χ0v) is 46.4. The number of fused-ring (bicyclic) bond motifs is 15. The van der Waals surface area contributed by atoms with E-state index in [-0.39, 0.29) is 0 Å². The van der Waals surface area contributed by atoms with Crippen molar-refractivity contribution < 1.29 is 0 Å². The molecule has 86 heavy (non-hydrogen) atoms. The van der Waals surface area contributed by atoms with E-state index in [1.54, 1.807) is 0 Å². The van der Waals surface area contributed by atoms with Crippen molar-refractivity contribution in [2.75, 3.05) is 0 Å². The standard InChI is InChI=1S/C80H48N6/c1-3-21-55(22-4-1)83-68-32-11-7-26-58(68)64-45-50(36-40-72(64)83)52-38-42-74-66(47-52)60-28-9-13-34-70(60)85(74)57-25-15-20-54(44-57)78-77-62-30-16-18-49-19-17-31-63(76(49)62)79(77)82-80(81-78)86-71-35-14-10-29-61(71)67-48-53(39-43-75(67)86)51-37-41-73-65(46-51)59-27-8-12-33-69(59)84(73)56-23-5-2-6-24-56/h1-48H. The highest BCUT2D eigenvalue weighted by Crippen LogP contribution is 2.51. The molecule has 19 rings (SSSR count). The van der Waals surface area contributed by atoms with Crippen LogP contribution < -0.4 is 0 Å². The van der Waals surface area contributed by atoms with Crippen molar-refractivity contribution in [3.8, 4) is 78.9 Å². The Morgan fingerprint density at radius 2 is 0.581 bits per heavy atom. The number of para-hydroxylation sites is 6. The van der Waals surface area contributed by atoms with Crippen molar-refractivity contribution in [3.05, 3.63) is 291 Å². The van der Waals surface area contributed by atoms with E-state index in [4.69, 9.17) is 9.97 Å². The third-order valence-electron chi connectivity index (χ3n) is 18.3. The molecule has 0 atom stereocenters. The number of benzene rings is 13. The molecular weight excluding hydrogens is 1040 g/mol. The second kappa shape index (κ2) is 18.0. The van der Waals surface area contributed by atoms with Gasteiger partial charge in [-0.15, -0.1) is 0 Å². The second-order valence-electron chi connectivity index (χ2n) is 22.9. The molecule has 6 nitrogen and oxygen atoms in total. The van der Waals surface area contributed by atoms with Gasteiger partial charge >= 0.3 is 0 Å². The maximum absolute atomic E-state index is 5.79. The number of aromatic nitrogens is 6. The van der Waals surface area contributed by atoms with Crippen LogP contribution in [0.1, 0.15) is 0 Å². The molecule has 0 unspecified atom stereocenters. The fourth-order valence-electron chi connectivity index (χ4n) is 14.6. The second-order valence-corrected chi connectivity index (χ2v) is 22.9. The largest absolute Gasteiger partial charge is 0.309 e. The summed E-state index contributed by atoms with van der Waals surface area (Å²) >= 11 is 0. The molecule has 1 aliphatic carbocycles. The lowest BCUT2D eigenvalue weighted by Gasteiger charge is -2.15. The summed E-state index contributed by atoms with van der Waals surface area (Å²) < 4.78 is 9.46. The predicted molar refractivity (Wildman–Crippen MR) is 358 cm³/mol. The van der Waals surface area contributed by atoms with E-state index in [1.165, 1.54) is 81.8 Å². The van der Waals surface area contributed by atoms with Gasteiger partial charge in [0.25, 0.3) is 0 Å². The van der Waals surface area contributed by atoms with Gasteiger partial charge in [-0.1, -0.05) is 182 Å². The van der Waals surface area contributed by atoms with Gasteiger partial charge in [-0.05, 0) is 148 Å². The molecule has 0 fully saturated rings. The summed E-state index contributed by atoms with van der Waals surface area (Å²) in [6, 6.07) is 106. The number of nitrogens with zero attached hydrogens (tertiary/aromatic N) is 6. The van der Waals surface area contributed by atoms with Gasteiger partial charge < -0.3 is 13.7 Å². The molecular formula is C80H48N6. The lowest BCUT2D eigenvalue weighted by molar-refractivity contribution is 0.999. The van der Waals surface area contributed by atoms with Gasteiger partial charge in [0, 0.05) is 76.8 Å². The molecule has 0 spiro atoms. The minimum absolute atomic E-state index is 0.635. The minimum Gasteiger partial charge on any atom is -0.309 e. The molecule has 0 bridgehead atoms. The first kappa shape index (κ1) is 46.9. The van der Waals surface area contributed by atoms with Crippen molar-refractivity contribution >= 4 is 98.0 Å². The maximum atomic E-state index is 5.79. The first-order valence-electron chi connectivity index (χ1n) is 29.5. The lowest BCUT2D eigenvalue weighted by atomic mass is 9.99. The predicted octanol–water partition coefficient (Wildman–Crippen LogP) is 20.7. The molecule has 5 heterocycles. The molecule has 0 saturated heterocycles. The zero-order valence-electron chi connectivity index (χ0n) is 46.4. The number of rotatable bonds is 7. The minimum atomic E-state index is 0.635. The highest BCUT2D eigenvalue weighted by atomic mass is 15.2. The molecule has 0 aliphatic heterocycles. The molecule has 0 N–H and O–H groups in total. The summed E-state index contributed by atoms with van der Waals surface area (Å²) in [5, 5.41) is 12.0. The Balaban J connectivity index is 0.767. The molecule has 1 aliphatic rings. The molecule has 18 aromatic rings. The molecule has 0 amide bonds. The SMILES string of the molecule is c1ccc(-n2c3ccccc3c3cc(-c4ccc5c(c4)c4ccccc4n5-c4cccc(-c5nc(-n6c7ccccc7c7cc(-c8ccc9c(c8)c8ccccc8n9-c8ccccc8)ccc76)nc6c5-c5cccc7cccc-6c57)c4)ccc32)cc1. The van der Waals surface area contributed by atoms with Crippen LogP contribution in [0.25, 0.3) is 177 Å². The summed E-state index contributed by atoms with van der Waals surface area (Å²) in [4.78, 5) is 11.5. The van der Waals surface area contributed by atoms with Crippen LogP contribution in [0.2, 0.25) is 0 Å². The third kappa shape index (κ3) is 6.72. The zero-order chi connectivity index (χ0) is 56.1. The quantitative estimate of drug-likeness (QED) is 0.160. The first-order chi connectivity index (χ1) is 42.7. The molecule has 0 saturated carbocycles. The van der Waals surface area contributed by atoms with Gasteiger partial charge in [0.15, 0.2) is 0 Å². The molecule has 6 heteroatoms. The Hall–Kier alpha value is -11.6. The number of hydrogen-bond donors (Lipinski definition) is 0. The fourth-order valence-corrected chi connectivity index (χ4v) is 14.6. The van der Waals surface area contributed by atoms with Crippen molar-refractivity contribution in [1.82, 2.24) is 28.2 Å². The average Bonchev–Trinajstić information content (AvgIpc) is 2.01. The summed E-state index contributed by atoms with van der Waals surface area (Å²) in [7, 11) is 0. The van der Waals surface area contributed by atoms with Crippen LogP contribution in [0, 0.1) is 0 Å². The van der Waals surface area contributed by atoms with E-state index in [0.717, 1.165) is 89.1 Å². The van der Waals surface area contributed by atoms with Crippen molar-refractivity contribution in [2.24, 2.45) is 0 Å². The van der Waals surface area contributed by atoms with E-state index < -0.39 is 0 Å². The van der Waals surface area contributed by atoms with Gasteiger partial charge in [-0.2, -0.15) is 0 Å². The molecule has 398 valence electrons. The van der Waals surface area contributed by atoms with E-state index in [0.29, 0.717) is 5.95 Å². The van der Waals surface area contributed by atoms with Crippen molar-refractivity contribution in [3.63, 3.8) is 0 Å². The Bertz CT molecular complexity index is 5890. The van der Waals surface area contributed by atoms with E-state index >= 15 is 0 Å². The summed E-state index contributed by atoms with van der Waals surface area (Å²) in [5.74, 6) is 0.635. The first-order valence-corrected chi connectivity index (χ1v) is 29.5. The normalized spacial score (nSPS) is 12.2. The number of hydrogen-bond acceptors (Lipinski definition) is 2. The smallest absolute Gasteiger partial charge is 0.235 e. The van der Waals surface area contributed by atoms with Crippen molar-refractivity contribution in [2.45, 2.75) is 0 Å². The monoisotopic (exact) mass is 1090 g/mol. The van der Waals surface area contributed by atoms with Crippen LogP contribution >= 0.6 is 0 Å². The van der Waals surface area contributed by atoms with Crippen LogP contribution in [0.15, 0.2) is 291 Å². The lowest BCUT2D eigenvalue weighted by Crippen LogP contribution is -2.05. The van der Waals surface area contributed by atoms with Crippen LogP contribution in [-0.4, -0.2) is 28.2 Å². The fraction of sp³-hybridized carbons (Fsp3) is 0. The average molecular weight is 1090 g/mol. The van der Waals surface area contributed by atoms with Crippen LogP contribution in [-0.2, 0) is 0 Å². The van der Waals surface area contributed by atoms with Crippen LogP contribution in [0.5, 0.6) is 0 Å². The van der Waals surface area contributed by atoms with Crippen molar-refractivity contribution in [1.29, 1.82) is 0 Å². The van der Waals surface area contributed by atoms with E-state index in [2.05, 4.69) is 309 Å². The molecule has 13 aromatic carbocycles. The van der Waals surface area contributed by atoms with Crippen LogP contribution in [0.3, 0.4) is 0 Å². The van der Waals surface area contributed by atoms with E-state index in [9.17, 15) is 0 Å². The summed E-state index contributed by atoms with van der Waals surface area (Å²) in [6.07, 6.45) is 0. The highest BCUT2D eigenvalue weighted by Gasteiger charge is 2.30. The van der Waals surface area contributed by atoms with Gasteiger partial charge in [0.05, 0.1) is 55.5 Å². The van der Waals surface area contributed by atoms with Gasteiger partial charge in [0.2, 0.25) is 5.95 Å². The van der Waals surface area contributed by atoms with E-state index in [1.807, 2.05) is 0 Å².